The number of allylic oxidation sites excluding steroid dienone is 1. The van der Waals surface area contributed by atoms with E-state index in [4.69, 9.17) is 11.6 Å². The summed E-state index contributed by atoms with van der Waals surface area (Å²) in [5, 5.41) is 0. The molecule has 0 aliphatic rings. The molecule has 0 saturated carbocycles. The molecule has 0 aliphatic carbocycles. The molecule has 0 aromatic carbocycles. The van der Waals surface area contributed by atoms with Gasteiger partial charge in [0.15, 0.2) is 0 Å². The van der Waals surface area contributed by atoms with Crippen molar-refractivity contribution in [3.63, 3.8) is 0 Å². The fourth-order valence-corrected chi connectivity index (χ4v) is 3.02. The first-order valence-corrected chi connectivity index (χ1v) is 6.71. The summed E-state index contributed by atoms with van der Waals surface area (Å²) in [6, 6.07) is 2.15. The number of thiophene rings is 1. The Kier molecular flexibility index (Phi) is 4.68. The van der Waals surface area contributed by atoms with Crippen molar-refractivity contribution in [2.45, 2.75) is 20.8 Å². The summed E-state index contributed by atoms with van der Waals surface area (Å²) in [6.45, 7) is 6.45. The van der Waals surface area contributed by atoms with Gasteiger partial charge >= 0.3 is 0 Å². The second-order valence-electron chi connectivity index (χ2n) is 3.56. The monoisotopic (exact) mass is 292 g/mol. The van der Waals surface area contributed by atoms with E-state index < -0.39 is 0 Å². The van der Waals surface area contributed by atoms with Gasteiger partial charge in [0.2, 0.25) is 0 Å². The number of aryl methyl sites for hydroxylation is 1. The van der Waals surface area contributed by atoms with Crippen LogP contribution in [0.3, 0.4) is 0 Å². The van der Waals surface area contributed by atoms with Crippen molar-refractivity contribution < 1.29 is 0 Å². The quantitative estimate of drug-likeness (QED) is 0.680. The first kappa shape index (κ1) is 12.3. The van der Waals surface area contributed by atoms with E-state index in [0.717, 1.165) is 0 Å². The summed E-state index contributed by atoms with van der Waals surface area (Å²) in [4.78, 5) is 2.59. The second kappa shape index (κ2) is 5.34. The zero-order chi connectivity index (χ0) is 10.7. The fourth-order valence-electron chi connectivity index (χ4n) is 1.09. The van der Waals surface area contributed by atoms with Crippen molar-refractivity contribution in [3.8, 4) is 0 Å². The van der Waals surface area contributed by atoms with Crippen molar-refractivity contribution in [2.75, 3.05) is 5.88 Å². The van der Waals surface area contributed by atoms with Crippen LogP contribution in [0.1, 0.15) is 23.6 Å². The second-order valence-corrected chi connectivity index (χ2v) is 5.97. The predicted molar refractivity (Wildman–Crippen MR) is 70.3 cm³/mol. The molecule has 1 aromatic heterocycles. The van der Waals surface area contributed by atoms with Gasteiger partial charge < -0.3 is 0 Å². The highest BCUT2D eigenvalue weighted by Gasteiger charge is 2.05. The van der Waals surface area contributed by atoms with Crippen LogP contribution in [0.15, 0.2) is 16.1 Å². The summed E-state index contributed by atoms with van der Waals surface area (Å²) in [5.41, 5.74) is 1.29. The molecule has 0 fully saturated rings. The van der Waals surface area contributed by atoms with Crippen LogP contribution < -0.4 is 0 Å². The minimum absolute atomic E-state index is 0.522. The van der Waals surface area contributed by atoms with Crippen LogP contribution in [0.5, 0.6) is 0 Å². The van der Waals surface area contributed by atoms with Crippen LogP contribution in [0.25, 0.3) is 6.08 Å². The van der Waals surface area contributed by atoms with Crippen molar-refractivity contribution in [1.82, 2.24) is 0 Å². The van der Waals surface area contributed by atoms with E-state index in [0.29, 0.717) is 11.8 Å². The zero-order valence-corrected chi connectivity index (χ0v) is 11.8. The topological polar surface area (TPSA) is 0 Å². The molecule has 0 aliphatic heterocycles. The normalized spacial score (nSPS) is 12.6. The molecule has 1 heterocycles. The average Bonchev–Trinajstić information content (AvgIpc) is 2.41. The van der Waals surface area contributed by atoms with Crippen LogP contribution >= 0.6 is 38.9 Å². The Morgan fingerprint density at radius 3 is 2.64 bits per heavy atom. The van der Waals surface area contributed by atoms with Crippen molar-refractivity contribution in [1.29, 1.82) is 0 Å². The number of halogens is 2. The van der Waals surface area contributed by atoms with E-state index >= 15 is 0 Å². The Labute approximate surface area is 103 Å². The number of rotatable bonds is 3. The molecule has 0 atom stereocenters. The lowest BCUT2D eigenvalue weighted by Crippen LogP contribution is -1.94. The molecule has 0 N–H and O–H groups in total. The molecule has 1 aromatic rings. The third kappa shape index (κ3) is 3.11. The van der Waals surface area contributed by atoms with Crippen LogP contribution in [0.4, 0.5) is 0 Å². The molecule has 1 rings (SSSR count). The molecule has 0 spiro atoms. The first-order valence-electron chi connectivity index (χ1n) is 4.57. The van der Waals surface area contributed by atoms with Crippen LogP contribution in [-0.2, 0) is 0 Å². The maximum Gasteiger partial charge on any atom is 0.0439 e. The minimum atomic E-state index is 0.522. The van der Waals surface area contributed by atoms with Crippen LogP contribution in [0, 0.1) is 12.8 Å². The van der Waals surface area contributed by atoms with E-state index in [1.54, 1.807) is 11.3 Å². The van der Waals surface area contributed by atoms with Gasteiger partial charge in [0.1, 0.15) is 0 Å². The number of hydrogen-bond donors (Lipinski definition) is 0. The minimum Gasteiger partial charge on any atom is -0.140 e. The average molecular weight is 294 g/mol. The molecule has 78 valence electrons. The first-order chi connectivity index (χ1) is 6.54. The highest BCUT2D eigenvalue weighted by Crippen LogP contribution is 2.29. The van der Waals surface area contributed by atoms with Gasteiger partial charge in [0, 0.05) is 20.1 Å². The summed E-state index contributed by atoms with van der Waals surface area (Å²) < 4.78 is 1.19. The maximum absolute atomic E-state index is 5.88. The maximum atomic E-state index is 5.88. The van der Waals surface area contributed by atoms with Gasteiger partial charge in [-0.2, -0.15) is 0 Å². The van der Waals surface area contributed by atoms with E-state index in [1.807, 2.05) is 0 Å². The Hall–Kier alpha value is 0.210. The summed E-state index contributed by atoms with van der Waals surface area (Å²) in [7, 11) is 0. The van der Waals surface area contributed by atoms with Gasteiger partial charge in [0.25, 0.3) is 0 Å². The molecule has 0 amide bonds. The summed E-state index contributed by atoms with van der Waals surface area (Å²) in [5.74, 6) is 1.14. The Morgan fingerprint density at radius 2 is 2.29 bits per heavy atom. The lowest BCUT2D eigenvalue weighted by molar-refractivity contribution is 0.778. The van der Waals surface area contributed by atoms with E-state index in [1.165, 1.54) is 19.8 Å². The van der Waals surface area contributed by atoms with Gasteiger partial charge in [-0.1, -0.05) is 19.4 Å². The molecule has 0 nitrogen and oxygen atoms in total. The van der Waals surface area contributed by atoms with Crippen LogP contribution in [-0.4, -0.2) is 5.88 Å². The highest BCUT2D eigenvalue weighted by molar-refractivity contribution is 9.10. The molecule has 3 heteroatoms. The van der Waals surface area contributed by atoms with E-state index in [2.05, 4.69) is 48.8 Å². The largest absolute Gasteiger partial charge is 0.140 e. The lowest BCUT2D eigenvalue weighted by Gasteiger charge is -2.06. The Morgan fingerprint density at radius 1 is 1.64 bits per heavy atom. The summed E-state index contributed by atoms with van der Waals surface area (Å²) in [6.07, 6.45) is 2.19. The SMILES string of the molecule is Cc1sc(C=C(CCl)C(C)C)cc1Br. The van der Waals surface area contributed by atoms with E-state index in [9.17, 15) is 0 Å². The standard InChI is InChI=1S/C11H14BrClS/c1-7(2)9(6-13)4-10-5-11(12)8(3)14-10/h4-5,7H,6H2,1-3H3. The molecular formula is C11H14BrClS. The van der Waals surface area contributed by atoms with Crippen molar-refractivity contribution in [2.24, 2.45) is 5.92 Å². The van der Waals surface area contributed by atoms with Crippen molar-refractivity contribution in [3.05, 3.63) is 25.9 Å². The zero-order valence-electron chi connectivity index (χ0n) is 8.60. The smallest absolute Gasteiger partial charge is 0.0439 e. The highest BCUT2D eigenvalue weighted by atomic mass is 79.9. The lowest BCUT2D eigenvalue weighted by atomic mass is 10.0. The van der Waals surface area contributed by atoms with Gasteiger partial charge in [-0.15, -0.1) is 22.9 Å². The molecule has 14 heavy (non-hydrogen) atoms. The third-order valence-corrected chi connectivity index (χ3v) is 4.49. The molecule has 0 bridgehead atoms. The molecule has 0 saturated heterocycles. The Bertz CT molecular complexity index is 320. The number of alkyl halides is 1. The van der Waals surface area contributed by atoms with Gasteiger partial charge in [-0.05, 0) is 40.9 Å². The Balaban J connectivity index is 2.94. The summed E-state index contributed by atoms with van der Waals surface area (Å²) >= 11 is 11.2. The predicted octanol–water partition coefficient (Wildman–Crippen LogP) is 5.10. The third-order valence-electron chi connectivity index (χ3n) is 2.10. The fraction of sp³-hybridized carbons (Fsp3) is 0.455. The van der Waals surface area contributed by atoms with Crippen molar-refractivity contribution >= 4 is 44.9 Å². The van der Waals surface area contributed by atoms with E-state index in [-0.39, 0.29) is 0 Å². The number of hydrogen-bond acceptors (Lipinski definition) is 1. The van der Waals surface area contributed by atoms with Gasteiger partial charge in [0.05, 0.1) is 0 Å². The molecule has 0 unspecified atom stereocenters. The van der Waals surface area contributed by atoms with Crippen LogP contribution in [0.2, 0.25) is 0 Å². The molecule has 0 radical (unpaired) electrons. The molecular weight excluding hydrogens is 280 g/mol. The van der Waals surface area contributed by atoms with Gasteiger partial charge in [-0.25, -0.2) is 0 Å². The van der Waals surface area contributed by atoms with Gasteiger partial charge in [-0.3, -0.25) is 0 Å².